The number of aliphatic hydroxyl groups is 1. The van der Waals surface area contributed by atoms with Crippen molar-refractivity contribution in [1.82, 2.24) is 5.32 Å². The largest absolute Gasteiger partial charge is 0.396 e. The molecule has 0 bridgehead atoms. The van der Waals surface area contributed by atoms with Crippen LogP contribution in [-0.2, 0) is 4.79 Å². The minimum atomic E-state index is -0.000466. The van der Waals surface area contributed by atoms with Crippen molar-refractivity contribution >= 4 is 40.0 Å². The minimum absolute atomic E-state index is 0.000466. The molecule has 118 valence electrons. The molecule has 0 aromatic heterocycles. The number of hydrogen-bond acceptors (Lipinski definition) is 3. The third-order valence-corrected chi connectivity index (χ3v) is 4.75. The molecule has 0 heterocycles. The predicted octanol–water partition coefficient (Wildman–Crippen LogP) is 3.86. The summed E-state index contributed by atoms with van der Waals surface area (Å²) >= 11 is 7.77. The van der Waals surface area contributed by atoms with E-state index in [1.165, 1.54) is 11.8 Å². The lowest BCUT2D eigenvalue weighted by atomic mass is 10.1. The minimum Gasteiger partial charge on any atom is -0.396 e. The van der Waals surface area contributed by atoms with E-state index < -0.39 is 0 Å². The van der Waals surface area contributed by atoms with Gasteiger partial charge < -0.3 is 10.4 Å². The molecular weight excluding hydrogens is 318 g/mol. The van der Waals surface area contributed by atoms with Gasteiger partial charge in [0.15, 0.2) is 0 Å². The van der Waals surface area contributed by atoms with E-state index in [1.807, 2.05) is 43.3 Å². The number of carbonyl (C=O) groups is 1. The highest BCUT2D eigenvalue weighted by molar-refractivity contribution is 8.00. The number of carbonyl (C=O) groups excluding carboxylic acids is 1. The number of benzene rings is 2. The lowest BCUT2D eigenvalue weighted by Gasteiger charge is -2.13. The number of nitrogens with one attached hydrogen (secondary N) is 1. The number of fused-ring (bicyclic) bond motifs is 1. The molecule has 0 radical (unpaired) electrons. The van der Waals surface area contributed by atoms with Crippen molar-refractivity contribution in [3.63, 3.8) is 0 Å². The molecule has 2 N–H and O–H groups in total. The Kier molecular flexibility index (Phi) is 6.55. The molecule has 3 nitrogen and oxygen atoms in total. The van der Waals surface area contributed by atoms with Gasteiger partial charge in [-0.15, -0.1) is 11.8 Å². The fraction of sp³-hybridized carbons (Fsp3) is 0.353. The second-order valence-electron chi connectivity index (χ2n) is 5.22. The zero-order valence-electron chi connectivity index (χ0n) is 12.5. The van der Waals surface area contributed by atoms with Gasteiger partial charge in [-0.05, 0) is 37.3 Å². The first-order valence-electron chi connectivity index (χ1n) is 7.32. The molecule has 0 spiro atoms. The highest BCUT2D eigenvalue weighted by Gasteiger charge is 2.10. The molecule has 2 aromatic carbocycles. The van der Waals surface area contributed by atoms with Gasteiger partial charge in [-0.25, -0.2) is 0 Å². The van der Waals surface area contributed by atoms with Gasteiger partial charge in [0.05, 0.1) is 5.75 Å². The fourth-order valence-electron chi connectivity index (χ4n) is 2.31. The fourth-order valence-corrected chi connectivity index (χ4v) is 3.57. The van der Waals surface area contributed by atoms with Crippen molar-refractivity contribution in [2.24, 2.45) is 0 Å². The normalized spacial score (nSPS) is 12.3. The topological polar surface area (TPSA) is 49.3 Å². The Labute approximate surface area is 140 Å². The molecule has 0 saturated carbocycles. The number of thioether (sulfide) groups is 1. The van der Waals surface area contributed by atoms with Crippen molar-refractivity contribution in [1.29, 1.82) is 0 Å². The summed E-state index contributed by atoms with van der Waals surface area (Å²) in [7, 11) is 0. The number of aliphatic hydroxyl groups excluding tert-OH is 1. The van der Waals surface area contributed by atoms with Crippen LogP contribution in [0.15, 0.2) is 41.3 Å². The Morgan fingerprint density at radius 2 is 2.05 bits per heavy atom. The van der Waals surface area contributed by atoms with Gasteiger partial charge >= 0.3 is 0 Å². The zero-order chi connectivity index (χ0) is 15.9. The molecule has 0 fully saturated rings. The standard InChI is InChI=1S/C17H20ClNO2S/c1-12(5-4-10-20)19-16(21)11-22-15-9-3-7-13-6-2-8-14(18)17(13)15/h2-3,6-9,12,20H,4-5,10-11H2,1H3,(H,19,21). The van der Waals surface area contributed by atoms with E-state index in [-0.39, 0.29) is 18.6 Å². The highest BCUT2D eigenvalue weighted by Crippen LogP contribution is 2.33. The van der Waals surface area contributed by atoms with Crippen LogP contribution in [-0.4, -0.2) is 29.4 Å². The lowest BCUT2D eigenvalue weighted by Crippen LogP contribution is -2.33. The van der Waals surface area contributed by atoms with Crippen molar-refractivity contribution in [2.45, 2.75) is 30.7 Å². The maximum atomic E-state index is 12.0. The van der Waals surface area contributed by atoms with Crippen molar-refractivity contribution in [3.05, 3.63) is 41.4 Å². The lowest BCUT2D eigenvalue weighted by molar-refractivity contribution is -0.119. The third kappa shape index (κ3) is 4.63. The van der Waals surface area contributed by atoms with E-state index >= 15 is 0 Å². The van der Waals surface area contributed by atoms with Gasteiger partial charge in [0.2, 0.25) is 5.91 Å². The molecule has 0 aliphatic heterocycles. The van der Waals surface area contributed by atoms with Crippen LogP contribution >= 0.6 is 23.4 Å². The van der Waals surface area contributed by atoms with E-state index in [0.717, 1.165) is 22.1 Å². The van der Waals surface area contributed by atoms with Crippen LogP contribution < -0.4 is 5.32 Å². The van der Waals surface area contributed by atoms with E-state index in [9.17, 15) is 4.79 Å². The summed E-state index contributed by atoms with van der Waals surface area (Å²) in [6, 6.07) is 11.9. The summed E-state index contributed by atoms with van der Waals surface area (Å²) in [4.78, 5) is 13.0. The van der Waals surface area contributed by atoms with Crippen LogP contribution in [0.25, 0.3) is 10.8 Å². The van der Waals surface area contributed by atoms with Crippen LogP contribution in [0.5, 0.6) is 0 Å². The predicted molar refractivity (Wildman–Crippen MR) is 93.6 cm³/mol. The second kappa shape index (κ2) is 8.42. The Balaban J connectivity index is 1.99. The average Bonchev–Trinajstić information content (AvgIpc) is 2.51. The molecule has 1 atom stereocenters. The Hall–Kier alpha value is -1.23. The van der Waals surface area contributed by atoms with Crippen molar-refractivity contribution in [3.8, 4) is 0 Å². The van der Waals surface area contributed by atoms with E-state index in [1.54, 1.807) is 0 Å². The van der Waals surface area contributed by atoms with E-state index in [0.29, 0.717) is 17.2 Å². The zero-order valence-corrected chi connectivity index (χ0v) is 14.1. The molecule has 1 amide bonds. The van der Waals surface area contributed by atoms with Crippen LogP contribution in [0.4, 0.5) is 0 Å². The number of amides is 1. The van der Waals surface area contributed by atoms with Gasteiger partial charge in [-0.3, -0.25) is 4.79 Å². The monoisotopic (exact) mass is 337 g/mol. The molecule has 0 aliphatic carbocycles. The first kappa shape index (κ1) is 17.1. The quantitative estimate of drug-likeness (QED) is 0.754. The highest BCUT2D eigenvalue weighted by atomic mass is 35.5. The molecule has 5 heteroatoms. The van der Waals surface area contributed by atoms with Crippen LogP contribution in [0.3, 0.4) is 0 Å². The van der Waals surface area contributed by atoms with Gasteiger partial charge in [0, 0.05) is 28.0 Å². The average molecular weight is 338 g/mol. The third-order valence-electron chi connectivity index (χ3n) is 3.38. The van der Waals surface area contributed by atoms with Crippen molar-refractivity contribution < 1.29 is 9.90 Å². The summed E-state index contributed by atoms with van der Waals surface area (Å²) < 4.78 is 0. The van der Waals surface area contributed by atoms with Crippen LogP contribution in [0, 0.1) is 0 Å². The summed E-state index contributed by atoms with van der Waals surface area (Å²) in [5.74, 6) is 0.354. The maximum absolute atomic E-state index is 12.0. The number of halogens is 1. The van der Waals surface area contributed by atoms with Gasteiger partial charge in [-0.2, -0.15) is 0 Å². The SMILES string of the molecule is CC(CCCO)NC(=O)CSc1cccc2cccc(Cl)c12. The first-order chi connectivity index (χ1) is 10.6. The summed E-state index contributed by atoms with van der Waals surface area (Å²) in [5, 5.41) is 14.5. The van der Waals surface area contributed by atoms with Gasteiger partial charge in [-0.1, -0.05) is 35.9 Å². The summed E-state index contributed by atoms with van der Waals surface area (Å²) in [5.41, 5.74) is 0. The van der Waals surface area contributed by atoms with E-state index in [2.05, 4.69) is 5.32 Å². The molecule has 0 saturated heterocycles. The molecule has 0 aliphatic rings. The molecular formula is C17H20ClNO2S. The van der Waals surface area contributed by atoms with Crippen LogP contribution in [0.2, 0.25) is 5.02 Å². The number of rotatable bonds is 7. The molecule has 2 rings (SSSR count). The Morgan fingerprint density at radius 3 is 2.77 bits per heavy atom. The molecule has 22 heavy (non-hydrogen) atoms. The molecule has 2 aromatic rings. The van der Waals surface area contributed by atoms with E-state index in [4.69, 9.17) is 16.7 Å². The second-order valence-corrected chi connectivity index (χ2v) is 6.64. The summed E-state index contributed by atoms with van der Waals surface area (Å²) in [6.07, 6.45) is 1.49. The Morgan fingerprint density at radius 1 is 1.32 bits per heavy atom. The Bertz CT molecular complexity index is 642. The maximum Gasteiger partial charge on any atom is 0.230 e. The van der Waals surface area contributed by atoms with Gasteiger partial charge in [0.1, 0.15) is 0 Å². The summed E-state index contributed by atoms with van der Waals surface area (Å²) in [6.45, 7) is 2.11. The van der Waals surface area contributed by atoms with Crippen molar-refractivity contribution in [2.75, 3.05) is 12.4 Å². The van der Waals surface area contributed by atoms with Crippen LogP contribution in [0.1, 0.15) is 19.8 Å². The molecule has 1 unspecified atom stereocenters. The first-order valence-corrected chi connectivity index (χ1v) is 8.68. The smallest absolute Gasteiger partial charge is 0.230 e. The van der Waals surface area contributed by atoms with Gasteiger partial charge in [0.25, 0.3) is 0 Å². The number of hydrogen-bond donors (Lipinski definition) is 2.